The Bertz CT molecular complexity index is 1250. The molecule has 40 heavy (non-hydrogen) atoms. The topological polar surface area (TPSA) is 64.1 Å². The Morgan fingerprint density at radius 2 is 1.90 bits per heavy atom. The minimum atomic E-state index is -4.57. The Morgan fingerprint density at radius 3 is 2.52 bits per heavy atom. The van der Waals surface area contributed by atoms with Crippen LogP contribution >= 0.6 is 11.6 Å². The fraction of sp³-hybridized carbons (Fsp3) is 0.533. The zero-order valence-corrected chi connectivity index (χ0v) is 24.1. The van der Waals surface area contributed by atoms with Crippen LogP contribution in [-0.2, 0) is 11.0 Å². The second kappa shape index (κ2) is 11.6. The first-order valence-corrected chi connectivity index (χ1v) is 14.1. The number of fused-ring (bicyclic) bond motifs is 1. The van der Waals surface area contributed by atoms with E-state index in [4.69, 9.17) is 11.6 Å². The Labute approximate surface area is 238 Å². The van der Waals surface area contributed by atoms with E-state index in [1.165, 1.54) is 11.0 Å². The molecule has 1 N–H and O–H groups in total. The fourth-order valence-electron chi connectivity index (χ4n) is 6.52. The normalized spacial score (nSPS) is 23.8. The minimum absolute atomic E-state index is 0.0272. The van der Waals surface area contributed by atoms with Crippen LogP contribution in [0.5, 0.6) is 0 Å². The van der Waals surface area contributed by atoms with Crippen molar-refractivity contribution in [2.45, 2.75) is 70.8 Å². The first-order valence-electron chi connectivity index (χ1n) is 13.7. The van der Waals surface area contributed by atoms with Crippen LogP contribution in [-0.4, -0.2) is 64.5 Å². The Balaban J connectivity index is 1.71. The van der Waals surface area contributed by atoms with Crippen LogP contribution in [0.2, 0.25) is 5.02 Å². The molecule has 10 heteroatoms. The van der Waals surface area contributed by atoms with Crippen molar-refractivity contribution in [2.24, 2.45) is 5.41 Å². The SMILES string of the molecule is CCCC1(CCO)C[C@H]2[C@H](c3ccccc3C)N(C(=O)N(C)[C@@H](C)c3cc(Cl)cc(C(F)(F)F)c3)CCN2C1=O. The minimum Gasteiger partial charge on any atom is -0.396 e. The summed E-state index contributed by atoms with van der Waals surface area (Å²) in [4.78, 5) is 32.9. The van der Waals surface area contributed by atoms with Crippen LogP contribution in [0.1, 0.15) is 73.9 Å². The van der Waals surface area contributed by atoms with Crippen molar-refractivity contribution >= 4 is 23.5 Å². The number of aliphatic hydroxyl groups is 1. The summed E-state index contributed by atoms with van der Waals surface area (Å²) in [5.74, 6) is 0.0272. The molecule has 6 nitrogen and oxygen atoms in total. The zero-order valence-electron chi connectivity index (χ0n) is 23.3. The number of carbonyl (C=O) groups excluding carboxylic acids is 2. The van der Waals surface area contributed by atoms with Gasteiger partial charge in [0.2, 0.25) is 5.91 Å². The molecule has 2 aliphatic rings. The molecule has 3 amide bonds. The van der Waals surface area contributed by atoms with Gasteiger partial charge in [0.25, 0.3) is 0 Å². The third-order valence-corrected chi connectivity index (χ3v) is 8.90. The van der Waals surface area contributed by atoms with Crippen molar-refractivity contribution in [3.63, 3.8) is 0 Å². The van der Waals surface area contributed by atoms with E-state index in [9.17, 15) is 27.9 Å². The molecular formula is C30H37ClF3N3O3. The number of alkyl halides is 3. The summed E-state index contributed by atoms with van der Waals surface area (Å²) in [5, 5.41) is 9.80. The second-order valence-electron chi connectivity index (χ2n) is 11.1. The van der Waals surface area contributed by atoms with Crippen molar-refractivity contribution in [3.05, 3.63) is 69.7 Å². The van der Waals surface area contributed by atoms with Gasteiger partial charge in [0.1, 0.15) is 0 Å². The van der Waals surface area contributed by atoms with Gasteiger partial charge in [0.05, 0.1) is 29.1 Å². The zero-order chi connectivity index (χ0) is 29.4. The molecule has 1 unspecified atom stereocenters. The summed E-state index contributed by atoms with van der Waals surface area (Å²) in [6.07, 6.45) is -2.23. The lowest BCUT2D eigenvalue weighted by molar-refractivity contribution is -0.140. The van der Waals surface area contributed by atoms with Crippen molar-refractivity contribution < 1.29 is 27.9 Å². The quantitative estimate of drug-likeness (QED) is 0.402. The predicted molar refractivity (Wildman–Crippen MR) is 148 cm³/mol. The summed E-state index contributed by atoms with van der Waals surface area (Å²) in [6.45, 7) is 6.21. The standard InChI is InChI=1S/C30H37ClF3N3O3/c1-5-10-29(11-14-38)18-25-26(24-9-7-6-8-19(24)2)37(13-12-36(25)27(29)39)28(40)35(4)20(3)21-15-22(30(32,33)34)17-23(31)16-21/h6-9,15-17,20,25-26,38H,5,10-14,18H2,1-4H3/t20-,25-,26-,29?/m0/s1. The van der Waals surface area contributed by atoms with Crippen molar-refractivity contribution in [2.75, 3.05) is 26.7 Å². The van der Waals surface area contributed by atoms with Crippen LogP contribution in [0.3, 0.4) is 0 Å². The number of rotatable bonds is 7. The van der Waals surface area contributed by atoms with Crippen LogP contribution in [0, 0.1) is 12.3 Å². The molecule has 0 aliphatic carbocycles. The molecule has 0 bridgehead atoms. The Morgan fingerprint density at radius 1 is 1.20 bits per heavy atom. The maximum Gasteiger partial charge on any atom is 0.416 e. The van der Waals surface area contributed by atoms with E-state index in [1.807, 2.05) is 43.0 Å². The molecule has 2 aromatic carbocycles. The van der Waals surface area contributed by atoms with Gasteiger partial charge in [-0.1, -0.05) is 49.2 Å². The number of aliphatic hydroxyl groups excluding tert-OH is 1. The average Bonchev–Trinajstić information content (AvgIpc) is 3.18. The van der Waals surface area contributed by atoms with Crippen molar-refractivity contribution in [1.82, 2.24) is 14.7 Å². The van der Waals surface area contributed by atoms with E-state index < -0.39 is 29.2 Å². The van der Waals surface area contributed by atoms with Gasteiger partial charge in [-0.05, 0) is 68.0 Å². The van der Waals surface area contributed by atoms with E-state index >= 15 is 0 Å². The lowest BCUT2D eigenvalue weighted by Gasteiger charge is -2.47. The summed E-state index contributed by atoms with van der Waals surface area (Å²) in [5.41, 5.74) is 0.646. The molecule has 4 rings (SSSR count). The largest absolute Gasteiger partial charge is 0.416 e. The molecule has 0 radical (unpaired) electrons. The van der Waals surface area contributed by atoms with Crippen molar-refractivity contribution in [3.8, 4) is 0 Å². The number of aryl methyl sites for hydroxylation is 1. The average molecular weight is 580 g/mol. The highest BCUT2D eigenvalue weighted by atomic mass is 35.5. The third kappa shape index (κ3) is 5.55. The molecule has 2 saturated heterocycles. The number of nitrogens with zero attached hydrogens (tertiary/aromatic N) is 3. The highest BCUT2D eigenvalue weighted by Crippen LogP contribution is 2.50. The number of hydrogen-bond donors (Lipinski definition) is 1. The number of benzene rings is 2. The molecule has 2 aromatic rings. The predicted octanol–water partition coefficient (Wildman–Crippen LogP) is 6.61. The number of urea groups is 1. The number of halogens is 4. The molecule has 0 saturated carbocycles. The van der Waals surface area contributed by atoms with E-state index in [2.05, 4.69) is 0 Å². The molecule has 0 spiro atoms. The fourth-order valence-corrected chi connectivity index (χ4v) is 6.76. The van der Waals surface area contributed by atoms with Crippen LogP contribution < -0.4 is 0 Å². The molecule has 0 aromatic heterocycles. The summed E-state index contributed by atoms with van der Waals surface area (Å²) in [7, 11) is 1.58. The van der Waals surface area contributed by atoms with Crippen LogP contribution in [0.4, 0.5) is 18.0 Å². The number of piperazine rings is 1. The van der Waals surface area contributed by atoms with Crippen LogP contribution in [0.15, 0.2) is 42.5 Å². The van der Waals surface area contributed by atoms with Gasteiger partial charge >= 0.3 is 12.2 Å². The van der Waals surface area contributed by atoms with Gasteiger partial charge in [-0.2, -0.15) is 13.2 Å². The molecule has 218 valence electrons. The number of carbonyl (C=O) groups is 2. The summed E-state index contributed by atoms with van der Waals surface area (Å²) < 4.78 is 40.4. The molecule has 2 fully saturated rings. The van der Waals surface area contributed by atoms with Gasteiger partial charge in [-0.25, -0.2) is 4.79 Å². The van der Waals surface area contributed by atoms with Gasteiger partial charge in [-0.3, -0.25) is 4.79 Å². The highest BCUT2D eigenvalue weighted by Gasteiger charge is 2.56. The third-order valence-electron chi connectivity index (χ3n) is 8.68. The highest BCUT2D eigenvalue weighted by molar-refractivity contribution is 6.30. The van der Waals surface area contributed by atoms with Gasteiger partial charge in [0, 0.05) is 31.8 Å². The van der Waals surface area contributed by atoms with Crippen molar-refractivity contribution in [1.29, 1.82) is 0 Å². The van der Waals surface area contributed by atoms with E-state index in [1.54, 1.807) is 18.9 Å². The maximum atomic E-state index is 14.1. The molecule has 2 heterocycles. The Hall–Kier alpha value is -2.78. The number of amides is 3. The summed E-state index contributed by atoms with van der Waals surface area (Å²) >= 11 is 6.04. The monoisotopic (exact) mass is 579 g/mol. The van der Waals surface area contributed by atoms with E-state index in [0.29, 0.717) is 25.8 Å². The maximum absolute atomic E-state index is 14.1. The lowest BCUT2D eigenvalue weighted by Crippen LogP contribution is -2.57. The van der Waals surface area contributed by atoms with Gasteiger partial charge in [-0.15, -0.1) is 0 Å². The summed E-state index contributed by atoms with van der Waals surface area (Å²) in [6, 6.07) is 9.37. The Kier molecular flexibility index (Phi) is 8.76. The van der Waals surface area contributed by atoms with Gasteiger partial charge < -0.3 is 19.8 Å². The molecule has 4 atom stereocenters. The smallest absolute Gasteiger partial charge is 0.396 e. The van der Waals surface area contributed by atoms with E-state index in [0.717, 1.165) is 29.7 Å². The molecule has 2 aliphatic heterocycles. The van der Waals surface area contributed by atoms with E-state index in [-0.39, 0.29) is 41.7 Å². The number of hydrogen-bond acceptors (Lipinski definition) is 3. The second-order valence-corrected chi connectivity index (χ2v) is 11.5. The lowest BCUT2D eigenvalue weighted by atomic mass is 9.76. The molecular weight excluding hydrogens is 543 g/mol. The first-order chi connectivity index (χ1) is 18.8. The van der Waals surface area contributed by atoms with Gasteiger partial charge in [0.15, 0.2) is 0 Å². The first kappa shape index (κ1) is 30.2. The van der Waals surface area contributed by atoms with Crippen LogP contribution in [0.25, 0.3) is 0 Å².